The Morgan fingerprint density at radius 2 is 1.25 bits per heavy atom. The van der Waals surface area contributed by atoms with E-state index in [4.69, 9.17) is 3.90 Å². The van der Waals surface area contributed by atoms with Crippen molar-refractivity contribution in [3.63, 3.8) is 0 Å². The van der Waals surface area contributed by atoms with Gasteiger partial charge >= 0.3 is 19.3 Å². The van der Waals surface area contributed by atoms with Crippen molar-refractivity contribution < 1.29 is 19.3 Å². The molecule has 0 rings (SSSR count). The van der Waals surface area contributed by atoms with Gasteiger partial charge in [-0.1, -0.05) is 7.43 Å². The third-order valence-corrected chi connectivity index (χ3v) is 0. The van der Waals surface area contributed by atoms with Crippen LogP contribution in [0.15, 0.2) is 0 Å². The van der Waals surface area contributed by atoms with Crippen molar-refractivity contribution in [1.29, 1.82) is 0 Å². The van der Waals surface area contributed by atoms with Crippen LogP contribution in [0, 0.1) is 0 Å². The van der Waals surface area contributed by atoms with Crippen molar-refractivity contribution in [2.24, 2.45) is 0 Å². The average molecular weight is 97.7 g/mol. The Balaban J connectivity index is -0.00000000500. The quantitative estimate of drug-likeness (QED) is 0.393. The van der Waals surface area contributed by atoms with E-state index in [0.717, 1.165) is 0 Å². The standard InChI is InChI=1S/CH4.Li.Ni.O/h1H4;;;. The minimum absolute atomic E-state index is 0. The van der Waals surface area contributed by atoms with Crippen LogP contribution in [0.2, 0.25) is 0 Å². The minimum atomic E-state index is 0. The van der Waals surface area contributed by atoms with Crippen LogP contribution in [-0.4, -0.2) is 18.9 Å². The molecule has 1 nitrogen and oxygen atoms in total. The molecule has 0 fully saturated rings. The molecule has 0 saturated heterocycles. The third-order valence-electron chi connectivity index (χ3n) is 0. The van der Waals surface area contributed by atoms with Crippen LogP contribution in [0.1, 0.15) is 7.43 Å². The molecule has 0 aromatic heterocycles. The summed E-state index contributed by atoms with van der Waals surface area (Å²) in [6.45, 7) is 0. The Morgan fingerprint density at radius 1 is 1.25 bits per heavy atom. The predicted octanol–water partition coefficient (Wildman–Crippen LogP) is 0.134. The van der Waals surface area contributed by atoms with E-state index >= 15 is 0 Å². The van der Waals surface area contributed by atoms with Crippen molar-refractivity contribution in [2.75, 3.05) is 0 Å². The van der Waals surface area contributed by atoms with Crippen molar-refractivity contribution in [3.05, 3.63) is 0 Å². The number of hydrogen-bond donors (Lipinski definition) is 0. The topological polar surface area (TPSA) is 17.1 Å². The van der Waals surface area contributed by atoms with Gasteiger partial charge in [-0.25, -0.2) is 0 Å². The van der Waals surface area contributed by atoms with E-state index in [-0.39, 0.29) is 26.3 Å². The van der Waals surface area contributed by atoms with Crippen molar-refractivity contribution in [3.8, 4) is 0 Å². The summed E-state index contributed by atoms with van der Waals surface area (Å²) in [5.74, 6) is 0. The van der Waals surface area contributed by atoms with Gasteiger partial charge in [-0.2, -0.15) is 0 Å². The van der Waals surface area contributed by atoms with Gasteiger partial charge in [0.1, 0.15) is 0 Å². The Labute approximate surface area is 45.9 Å². The molecule has 0 N–H and O–H groups in total. The fourth-order valence-corrected chi connectivity index (χ4v) is 0. The molecule has 0 atom stereocenters. The SMILES string of the molecule is C.[Li].[O]=[Ni]. The van der Waals surface area contributed by atoms with Gasteiger partial charge < -0.3 is 0 Å². The fraction of sp³-hybridized carbons (Fsp3) is 1.00. The summed E-state index contributed by atoms with van der Waals surface area (Å²) in [6.07, 6.45) is 0. The van der Waals surface area contributed by atoms with Gasteiger partial charge in [0, 0.05) is 18.9 Å². The molecule has 4 heavy (non-hydrogen) atoms. The molecule has 0 aliphatic rings. The number of rotatable bonds is 0. The molecule has 0 saturated carbocycles. The summed E-state index contributed by atoms with van der Waals surface area (Å²) >= 11 is 2.62. The molecule has 0 unspecified atom stereocenters. The Morgan fingerprint density at radius 3 is 1.25 bits per heavy atom. The zero-order valence-corrected chi connectivity index (χ0v) is 2.71. The van der Waals surface area contributed by atoms with E-state index in [1.54, 1.807) is 0 Å². The van der Waals surface area contributed by atoms with Crippen LogP contribution in [0.5, 0.6) is 0 Å². The van der Waals surface area contributed by atoms with E-state index < -0.39 is 0 Å². The Hall–Kier alpha value is 0.891. The molecule has 0 aromatic carbocycles. The predicted molar refractivity (Wildman–Crippen MR) is 13.2 cm³/mol. The molecule has 1 radical (unpaired) electrons. The molecule has 3 heteroatoms. The fourth-order valence-electron chi connectivity index (χ4n) is 0. The second kappa shape index (κ2) is 41.0. The first-order valence-electron chi connectivity index (χ1n) is 0.129. The molecule has 0 spiro atoms. The summed E-state index contributed by atoms with van der Waals surface area (Å²) in [5, 5.41) is 0. The molecule has 25 valence electrons. The van der Waals surface area contributed by atoms with Crippen LogP contribution in [-0.2, 0) is 19.3 Å². The van der Waals surface area contributed by atoms with Crippen molar-refractivity contribution >= 4 is 18.9 Å². The van der Waals surface area contributed by atoms with Crippen LogP contribution in [0.4, 0.5) is 0 Å². The maximum absolute atomic E-state index is 7.88. The second-order valence-electron chi connectivity index (χ2n) is 0. The zero-order chi connectivity index (χ0) is 2.00. The van der Waals surface area contributed by atoms with E-state index in [1.807, 2.05) is 0 Å². The van der Waals surface area contributed by atoms with E-state index in [1.165, 1.54) is 0 Å². The van der Waals surface area contributed by atoms with Gasteiger partial charge in [0.15, 0.2) is 0 Å². The Bertz CT molecular complexity index is 8.00. The average Bonchev–Trinajstić information content (AvgIpc) is 1.00. The van der Waals surface area contributed by atoms with Crippen LogP contribution in [0.3, 0.4) is 0 Å². The second-order valence-corrected chi connectivity index (χ2v) is 0. The summed E-state index contributed by atoms with van der Waals surface area (Å²) < 4.78 is 7.88. The summed E-state index contributed by atoms with van der Waals surface area (Å²) in [4.78, 5) is 0. The normalized spacial score (nSPS) is 1.50. The molecule has 0 amide bonds. The molecule has 0 aliphatic carbocycles. The van der Waals surface area contributed by atoms with Gasteiger partial charge in [0.25, 0.3) is 0 Å². The van der Waals surface area contributed by atoms with Crippen LogP contribution < -0.4 is 0 Å². The molecule has 0 aliphatic heterocycles. The van der Waals surface area contributed by atoms with E-state index in [9.17, 15) is 0 Å². The van der Waals surface area contributed by atoms with Gasteiger partial charge in [-0.05, 0) is 0 Å². The molecule has 0 bridgehead atoms. The molecule has 0 aromatic rings. The molecular weight excluding hydrogens is 93.6 g/mol. The third kappa shape index (κ3) is 13.0. The Kier molecular flexibility index (Phi) is 212. The first-order chi connectivity index (χ1) is 1.00. The van der Waals surface area contributed by atoms with Gasteiger partial charge in [0.05, 0.1) is 0 Å². The molecule has 0 heterocycles. The van der Waals surface area contributed by atoms with Gasteiger partial charge in [-0.15, -0.1) is 0 Å². The summed E-state index contributed by atoms with van der Waals surface area (Å²) in [6, 6.07) is 0. The van der Waals surface area contributed by atoms with Gasteiger partial charge in [-0.3, -0.25) is 0 Å². The first-order valence-corrected chi connectivity index (χ1v) is 0.532. The maximum atomic E-state index is 7.88. The van der Waals surface area contributed by atoms with E-state index in [0.29, 0.717) is 0 Å². The summed E-state index contributed by atoms with van der Waals surface area (Å²) in [7, 11) is 0. The zero-order valence-electron chi connectivity index (χ0n) is 1.72. The monoisotopic (exact) mass is 97.0 g/mol. The van der Waals surface area contributed by atoms with Gasteiger partial charge in [0.2, 0.25) is 0 Å². The number of hydrogen-bond acceptors (Lipinski definition) is 1. The molecular formula is CH4LiNiO. The van der Waals surface area contributed by atoms with Crippen molar-refractivity contribution in [2.45, 2.75) is 7.43 Å². The first kappa shape index (κ1) is 20.7. The van der Waals surface area contributed by atoms with Crippen molar-refractivity contribution in [1.82, 2.24) is 0 Å². The van der Waals surface area contributed by atoms with Crippen LogP contribution >= 0.6 is 0 Å². The summed E-state index contributed by atoms with van der Waals surface area (Å²) in [5.41, 5.74) is 0. The van der Waals surface area contributed by atoms with E-state index in [2.05, 4.69) is 15.4 Å². The van der Waals surface area contributed by atoms with Crippen LogP contribution in [0.25, 0.3) is 0 Å².